The molecule has 8 nitrogen and oxygen atoms in total. The largest absolute Gasteiger partial charge is 0.346 e. The van der Waals surface area contributed by atoms with E-state index in [1.807, 2.05) is 0 Å². The van der Waals surface area contributed by atoms with Crippen molar-refractivity contribution in [3.05, 3.63) is 48.6 Å². The molecule has 0 bridgehead atoms. The standard InChI is InChI=1S/C22H18F2N6O2S/c23-17-4-3-14-16(19-15-5-8-26-21(15)28-12-27-19)9-30(20(14)18(17)24)22(6-7-25)10-29(11-22)33(31,32)13-1-2-13/h3-5,8-9,12-13H,1-2,6,10-11H2,(H,26,27,28). The number of nitrogens with zero attached hydrogens (tertiary/aromatic N) is 5. The van der Waals surface area contributed by atoms with E-state index >= 15 is 4.39 Å². The van der Waals surface area contributed by atoms with E-state index in [2.05, 4.69) is 21.0 Å². The molecule has 0 radical (unpaired) electrons. The Balaban J connectivity index is 1.56. The van der Waals surface area contributed by atoms with E-state index in [-0.39, 0.29) is 30.3 Å². The maximum atomic E-state index is 15.2. The molecule has 0 unspecified atom stereocenters. The van der Waals surface area contributed by atoms with Gasteiger partial charge in [-0.15, -0.1) is 0 Å². The van der Waals surface area contributed by atoms with Crippen LogP contribution in [-0.2, 0) is 15.6 Å². The summed E-state index contributed by atoms with van der Waals surface area (Å²) in [5, 5.41) is 10.3. The van der Waals surface area contributed by atoms with Crippen molar-refractivity contribution in [2.45, 2.75) is 30.1 Å². The SMILES string of the molecule is N#CCC1(n2cc(-c3ncnc4[nH]ccc34)c3ccc(F)c(F)c32)CN(S(=O)(=O)C2CC2)C1. The number of halogens is 2. The quantitative estimate of drug-likeness (QED) is 0.484. The Labute approximate surface area is 187 Å². The highest BCUT2D eigenvalue weighted by molar-refractivity contribution is 7.90. The molecule has 0 spiro atoms. The van der Waals surface area contributed by atoms with Gasteiger partial charge in [0.15, 0.2) is 11.6 Å². The third-order valence-corrected chi connectivity index (χ3v) is 8.93. The Morgan fingerprint density at radius 2 is 1.97 bits per heavy atom. The summed E-state index contributed by atoms with van der Waals surface area (Å²) in [6, 6.07) is 6.45. The summed E-state index contributed by atoms with van der Waals surface area (Å²) in [7, 11) is -3.45. The molecule has 2 aliphatic rings. The van der Waals surface area contributed by atoms with Crippen LogP contribution in [0.3, 0.4) is 0 Å². The van der Waals surface area contributed by atoms with Gasteiger partial charge in [-0.05, 0) is 31.0 Å². The van der Waals surface area contributed by atoms with Crippen LogP contribution in [0.4, 0.5) is 8.78 Å². The van der Waals surface area contributed by atoms with Crippen molar-refractivity contribution >= 4 is 32.0 Å². The fraction of sp³-hybridized carbons (Fsp3) is 0.318. The van der Waals surface area contributed by atoms with Crippen LogP contribution >= 0.6 is 0 Å². The molecule has 11 heteroatoms. The van der Waals surface area contributed by atoms with Gasteiger partial charge in [0.1, 0.15) is 12.0 Å². The summed E-state index contributed by atoms with van der Waals surface area (Å²) in [5.41, 5.74) is 0.666. The molecule has 0 atom stereocenters. The van der Waals surface area contributed by atoms with E-state index in [0.29, 0.717) is 40.5 Å². The molecule has 2 fully saturated rings. The first-order chi connectivity index (χ1) is 15.9. The molecule has 6 rings (SSSR count). The normalized spacial score (nSPS) is 18.5. The number of aromatic amines is 1. The molecule has 0 amide bonds. The number of benzene rings is 1. The maximum absolute atomic E-state index is 15.2. The minimum atomic E-state index is -3.45. The fourth-order valence-electron chi connectivity index (χ4n) is 4.77. The van der Waals surface area contributed by atoms with Crippen molar-refractivity contribution in [1.29, 1.82) is 5.26 Å². The van der Waals surface area contributed by atoms with Crippen LogP contribution < -0.4 is 0 Å². The summed E-state index contributed by atoms with van der Waals surface area (Å²) in [6.45, 7) is 0.0593. The summed E-state index contributed by atoms with van der Waals surface area (Å²) >= 11 is 0. The predicted molar refractivity (Wildman–Crippen MR) is 116 cm³/mol. The van der Waals surface area contributed by atoms with Gasteiger partial charge in [-0.2, -0.15) is 9.57 Å². The van der Waals surface area contributed by atoms with Crippen molar-refractivity contribution in [2.75, 3.05) is 13.1 Å². The molecular weight excluding hydrogens is 450 g/mol. The lowest BCUT2D eigenvalue weighted by atomic mass is 9.88. The van der Waals surface area contributed by atoms with Crippen LogP contribution in [0.5, 0.6) is 0 Å². The minimum Gasteiger partial charge on any atom is -0.346 e. The zero-order chi connectivity index (χ0) is 23.0. The summed E-state index contributed by atoms with van der Waals surface area (Å²) in [6.07, 6.45) is 5.95. The number of rotatable bonds is 5. The van der Waals surface area contributed by atoms with Gasteiger partial charge in [-0.25, -0.2) is 27.2 Å². The summed E-state index contributed by atoms with van der Waals surface area (Å²) in [4.78, 5) is 11.6. The molecule has 33 heavy (non-hydrogen) atoms. The lowest BCUT2D eigenvalue weighted by molar-refractivity contribution is 0.0884. The van der Waals surface area contributed by atoms with Gasteiger partial charge in [0.05, 0.1) is 34.5 Å². The molecule has 3 aromatic heterocycles. The van der Waals surface area contributed by atoms with E-state index < -0.39 is 27.2 Å². The van der Waals surface area contributed by atoms with E-state index in [4.69, 9.17) is 0 Å². The van der Waals surface area contributed by atoms with Crippen LogP contribution in [0.15, 0.2) is 36.9 Å². The number of aromatic nitrogens is 4. The van der Waals surface area contributed by atoms with Crippen LogP contribution in [0.25, 0.3) is 33.2 Å². The molecule has 1 aliphatic carbocycles. The predicted octanol–water partition coefficient (Wildman–Crippen LogP) is 3.27. The molecule has 1 saturated heterocycles. The minimum absolute atomic E-state index is 0.00832. The first kappa shape index (κ1) is 20.3. The lowest BCUT2D eigenvalue weighted by Crippen LogP contribution is -2.64. The first-order valence-electron chi connectivity index (χ1n) is 10.5. The Morgan fingerprint density at radius 1 is 1.18 bits per heavy atom. The summed E-state index contributed by atoms with van der Waals surface area (Å²) in [5.74, 6) is -2.06. The van der Waals surface area contributed by atoms with Crippen molar-refractivity contribution < 1.29 is 17.2 Å². The van der Waals surface area contributed by atoms with E-state index in [1.54, 1.807) is 23.0 Å². The van der Waals surface area contributed by atoms with Gasteiger partial charge >= 0.3 is 0 Å². The zero-order valence-electron chi connectivity index (χ0n) is 17.3. The second-order valence-corrected chi connectivity index (χ2v) is 10.9. The fourth-order valence-corrected chi connectivity index (χ4v) is 6.76. The van der Waals surface area contributed by atoms with E-state index in [0.717, 1.165) is 6.07 Å². The number of hydrogen-bond acceptors (Lipinski definition) is 5. The van der Waals surface area contributed by atoms with Gasteiger partial charge in [0.25, 0.3) is 0 Å². The zero-order valence-corrected chi connectivity index (χ0v) is 18.1. The van der Waals surface area contributed by atoms with E-state index in [9.17, 15) is 18.1 Å². The number of sulfonamides is 1. The van der Waals surface area contributed by atoms with Crippen molar-refractivity contribution in [3.63, 3.8) is 0 Å². The highest BCUT2D eigenvalue weighted by atomic mass is 32.2. The second kappa shape index (κ2) is 6.82. The molecule has 1 aliphatic heterocycles. The molecular formula is C22H18F2N6O2S. The van der Waals surface area contributed by atoms with Gasteiger partial charge in [0, 0.05) is 41.8 Å². The van der Waals surface area contributed by atoms with Gasteiger partial charge in [-0.1, -0.05) is 0 Å². The Morgan fingerprint density at radius 3 is 2.70 bits per heavy atom. The topological polar surface area (TPSA) is 108 Å². The van der Waals surface area contributed by atoms with Crippen molar-refractivity contribution in [2.24, 2.45) is 0 Å². The van der Waals surface area contributed by atoms with Crippen LogP contribution in [0.1, 0.15) is 19.3 Å². The lowest BCUT2D eigenvalue weighted by Gasteiger charge is -2.49. The third kappa shape index (κ3) is 2.84. The number of H-pyrrole nitrogens is 1. The Bertz CT molecular complexity index is 1580. The van der Waals surface area contributed by atoms with Crippen molar-refractivity contribution in [3.8, 4) is 17.3 Å². The smallest absolute Gasteiger partial charge is 0.217 e. The number of nitrogens with one attached hydrogen (secondary N) is 1. The third-order valence-electron chi connectivity index (χ3n) is 6.63. The average Bonchev–Trinajstić information content (AvgIpc) is 3.41. The van der Waals surface area contributed by atoms with Crippen LogP contribution in [0.2, 0.25) is 0 Å². The molecule has 1 saturated carbocycles. The molecule has 1 aromatic carbocycles. The van der Waals surface area contributed by atoms with E-state index in [1.165, 1.54) is 16.7 Å². The van der Waals surface area contributed by atoms with Crippen molar-refractivity contribution in [1.82, 2.24) is 23.8 Å². The number of hydrogen-bond donors (Lipinski definition) is 1. The first-order valence-corrected chi connectivity index (χ1v) is 12.0. The Kier molecular flexibility index (Phi) is 4.19. The average molecular weight is 468 g/mol. The van der Waals surface area contributed by atoms with Gasteiger partial charge in [0.2, 0.25) is 10.0 Å². The maximum Gasteiger partial charge on any atom is 0.217 e. The number of nitriles is 1. The van der Waals surface area contributed by atoms with Crippen LogP contribution in [-0.4, -0.2) is 50.6 Å². The molecule has 168 valence electrons. The summed E-state index contributed by atoms with van der Waals surface area (Å²) < 4.78 is 57.8. The molecule has 4 heterocycles. The Hall–Kier alpha value is -3.36. The number of fused-ring (bicyclic) bond motifs is 2. The highest BCUT2D eigenvalue weighted by Gasteiger charge is 2.53. The molecule has 4 aromatic rings. The highest BCUT2D eigenvalue weighted by Crippen LogP contribution is 2.44. The monoisotopic (exact) mass is 468 g/mol. The van der Waals surface area contributed by atoms with Gasteiger partial charge < -0.3 is 9.55 Å². The molecule has 1 N–H and O–H groups in total. The van der Waals surface area contributed by atoms with Crippen LogP contribution in [0, 0.1) is 23.0 Å². The second-order valence-electron chi connectivity index (χ2n) is 8.70. The van der Waals surface area contributed by atoms with Gasteiger partial charge in [-0.3, -0.25) is 0 Å².